The van der Waals surface area contributed by atoms with Crippen molar-refractivity contribution in [2.45, 2.75) is 63.1 Å². The normalized spacial score (nSPS) is 43.9. The molecule has 2 saturated heterocycles. The summed E-state index contributed by atoms with van der Waals surface area (Å²) in [6.45, 7) is 0.422. The third kappa shape index (κ3) is 1.49. The highest BCUT2D eigenvalue weighted by molar-refractivity contribution is 4.99. The van der Waals surface area contributed by atoms with Crippen molar-refractivity contribution >= 4 is 0 Å². The first-order valence-corrected chi connectivity index (χ1v) is 6.27. The van der Waals surface area contributed by atoms with Crippen LogP contribution >= 0.6 is 0 Å². The molecule has 80 valence electrons. The largest absolute Gasteiger partial charge is 0.396 e. The molecular weight excluding hydrogens is 174 g/mol. The third-order valence-corrected chi connectivity index (χ3v) is 4.36. The summed E-state index contributed by atoms with van der Waals surface area (Å²) in [7, 11) is 0. The lowest BCUT2D eigenvalue weighted by molar-refractivity contribution is -0.00710. The topological polar surface area (TPSA) is 23.5 Å². The van der Waals surface area contributed by atoms with E-state index in [1.54, 1.807) is 0 Å². The molecule has 14 heavy (non-hydrogen) atoms. The molecule has 2 atom stereocenters. The van der Waals surface area contributed by atoms with Gasteiger partial charge in [0.2, 0.25) is 0 Å². The molecule has 0 aromatic heterocycles. The molecule has 3 rings (SSSR count). The second-order valence-corrected chi connectivity index (χ2v) is 5.44. The molecule has 3 aliphatic rings. The lowest BCUT2D eigenvalue weighted by Crippen LogP contribution is -2.53. The Morgan fingerprint density at radius 1 is 0.929 bits per heavy atom. The zero-order valence-corrected chi connectivity index (χ0v) is 8.86. The summed E-state index contributed by atoms with van der Waals surface area (Å²) in [4.78, 5) is 2.82. The fourth-order valence-electron chi connectivity index (χ4n) is 3.65. The Morgan fingerprint density at radius 2 is 1.57 bits per heavy atom. The van der Waals surface area contributed by atoms with Crippen LogP contribution in [-0.2, 0) is 0 Å². The quantitative estimate of drug-likeness (QED) is 0.726. The van der Waals surface area contributed by atoms with Crippen molar-refractivity contribution < 1.29 is 5.11 Å². The van der Waals surface area contributed by atoms with Gasteiger partial charge >= 0.3 is 0 Å². The van der Waals surface area contributed by atoms with Crippen LogP contribution in [0.3, 0.4) is 0 Å². The van der Waals surface area contributed by atoms with Gasteiger partial charge in [-0.15, -0.1) is 0 Å². The number of rotatable bonds is 2. The number of hydrogen-bond donors (Lipinski definition) is 1. The number of hydrogen-bond acceptors (Lipinski definition) is 2. The molecule has 2 nitrogen and oxygen atoms in total. The fourth-order valence-corrected chi connectivity index (χ4v) is 3.65. The standard InChI is InChI=1S/C12H21NO/c14-8-9-6-11-2-1-3-12(7-9)13(11)10-4-5-10/h9-12,14H,1-8H2/t11-,12-/m0/s1. The number of aliphatic hydroxyl groups excluding tert-OH is 1. The summed E-state index contributed by atoms with van der Waals surface area (Å²) in [6.07, 6.45) is 9.63. The monoisotopic (exact) mass is 195 g/mol. The van der Waals surface area contributed by atoms with E-state index in [0.29, 0.717) is 12.5 Å². The Kier molecular flexibility index (Phi) is 2.29. The lowest BCUT2D eigenvalue weighted by Gasteiger charge is -2.49. The number of aliphatic hydroxyl groups is 1. The van der Waals surface area contributed by atoms with E-state index < -0.39 is 0 Å². The Labute approximate surface area is 86.3 Å². The molecule has 0 aromatic carbocycles. The van der Waals surface area contributed by atoms with Gasteiger partial charge in [0.15, 0.2) is 0 Å². The molecule has 0 radical (unpaired) electrons. The van der Waals surface area contributed by atoms with E-state index in [9.17, 15) is 5.11 Å². The number of fused-ring (bicyclic) bond motifs is 2. The van der Waals surface area contributed by atoms with Gasteiger partial charge in [0.25, 0.3) is 0 Å². The van der Waals surface area contributed by atoms with Crippen LogP contribution in [0.25, 0.3) is 0 Å². The summed E-state index contributed by atoms with van der Waals surface area (Å²) in [5.41, 5.74) is 0. The maximum Gasteiger partial charge on any atom is 0.0460 e. The first-order chi connectivity index (χ1) is 6.88. The summed E-state index contributed by atoms with van der Waals surface area (Å²) in [5.74, 6) is 0.611. The molecule has 2 bridgehead atoms. The molecule has 1 aliphatic carbocycles. The first kappa shape index (κ1) is 9.17. The molecule has 0 aromatic rings. The van der Waals surface area contributed by atoms with Crippen molar-refractivity contribution in [2.75, 3.05) is 6.61 Å². The molecule has 0 spiro atoms. The highest BCUT2D eigenvalue weighted by Gasteiger charge is 2.44. The van der Waals surface area contributed by atoms with Crippen LogP contribution in [0.2, 0.25) is 0 Å². The van der Waals surface area contributed by atoms with E-state index in [0.717, 1.165) is 18.1 Å². The van der Waals surface area contributed by atoms with Crippen molar-refractivity contribution in [3.05, 3.63) is 0 Å². The average molecular weight is 195 g/mol. The van der Waals surface area contributed by atoms with Gasteiger partial charge < -0.3 is 5.11 Å². The highest BCUT2D eigenvalue weighted by atomic mass is 16.3. The Balaban J connectivity index is 1.74. The minimum Gasteiger partial charge on any atom is -0.396 e. The van der Waals surface area contributed by atoms with Crippen LogP contribution in [0, 0.1) is 5.92 Å². The highest BCUT2D eigenvalue weighted by Crippen LogP contribution is 2.43. The van der Waals surface area contributed by atoms with E-state index >= 15 is 0 Å². The Bertz CT molecular complexity index is 200. The van der Waals surface area contributed by atoms with Gasteiger partial charge in [-0.1, -0.05) is 6.42 Å². The summed E-state index contributed by atoms with van der Waals surface area (Å²) >= 11 is 0. The maximum absolute atomic E-state index is 9.27. The zero-order chi connectivity index (χ0) is 9.54. The average Bonchev–Trinajstić information content (AvgIpc) is 2.99. The van der Waals surface area contributed by atoms with Crippen LogP contribution < -0.4 is 0 Å². The lowest BCUT2D eigenvalue weighted by atomic mass is 9.78. The third-order valence-electron chi connectivity index (χ3n) is 4.36. The van der Waals surface area contributed by atoms with E-state index in [4.69, 9.17) is 0 Å². The zero-order valence-electron chi connectivity index (χ0n) is 8.86. The minimum absolute atomic E-state index is 0.422. The predicted octanol–water partition coefficient (Wildman–Crippen LogP) is 1.77. The van der Waals surface area contributed by atoms with Gasteiger partial charge in [-0.2, -0.15) is 0 Å². The Morgan fingerprint density at radius 3 is 2.07 bits per heavy atom. The molecule has 0 unspecified atom stereocenters. The van der Waals surface area contributed by atoms with E-state index in [2.05, 4.69) is 4.90 Å². The molecule has 2 heteroatoms. The smallest absolute Gasteiger partial charge is 0.0460 e. The van der Waals surface area contributed by atoms with Gasteiger partial charge in [0.1, 0.15) is 0 Å². The summed E-state index contributed by atoms with van der Waals surface area (Å²) in [5, 5.41) is 9.27. The SMILES string of the molecule is OCC1C[C@@H]2CCC[C@@H](C1)N2C1CC1. The van der Waals surface area contributed by atoms with Gasteiger partial charge in [-0.3, -0.25) is 4.90 Å². The second-order valence-electron chi connectivity index (χ2n) is 5.44. The van der Waals surface area contributed by atoms with Crippen LogP contribution in [0.15, 0.2) is 0 Å². The van der Waals surface area contributed by atoms with Crippen molar-refractivity contribution in [3.8, 4) is 0 Å². The van der Waals surface area contributed by atoms with Gasteiger partial charge in [0.05, 0.1) is 0 Å². The summed E-state index contributed by atoms with van der Waals surface area (Å²) < 4.78 is 0. The van der Waals surface area contributed by atoms with Crippen LogP contribution in [0.5, 0.6) is 0 Å². The van der Waals surface area contributed by atoms with Crippen molar-refractivity contribution in [1.29, 1.82) is 0 Å². The molecular formula is C12H21NO. The molecule has 3 fully saturated rings. The summed E-state index contributed by atoms with van der Waals surface area (Å²) in [6, 6.07) is 2.59. The second kappa shape index (κ2) is 3.49. The van der Waals surface area contributed by atoms with Crippen molar-refractivity contribution in [2.24, 2.45) is 5.92 Å². The number of piperidine rings is 2. The molecule has 0 amide bonds. The van der Waals surface area contributed by atoms with Crippen LogP contribution in [0.1, 0.15) is 44.9 Å². The van der Waals surface area contributed by atoms with Crippen molar-refractivity contribution in [1.82, 2.24) is 4.90 Å². The number of nitrogens with zero attached hydrogens (tertiary/aromatic N) is 1. The molecule has 2 aliphatic heterocycles. The molecule has 1 saturated carbocycles. The fraction of sp³-hybridized carbons (Fsp3) is 1.00. The minimum atomic E-state index is 0.422. The Hall–Kier alpha value is -0.0800. The van der Waals surface area contributed by atoms with E-state index in [1.165, 1.54) is 44.9 Å². The van der Waals surface area contributed by atoms with E-state index in [-0.39, 0.29) is 0 Å². The van der Waals surface area contributed by atoms with Gasteiger partial charge in [-0.05, 0) is 44.4 Å². The molecule has 1 N–H and O–H groups in total. The predicted molar refractivity (Wildman–Crippen MR) is 56.1 cm³/mol. The maximum atomic E-state index is 9.27. The van der Waals surface area contributed by atoms with E-state index in [1.807, 2.05) is 0 Å². The van der Waals surface area contributed by atoms with Gasteiger partial charge in [-0.25, -0.2) is 0 Å². The van der Waals surface area contributed by atoms with Gasteiger partial charge in [0, 0.05) is 24.7 Å². The molecule has 2 heterocycles. The first-order valence-electron chi connectivity index (χ1n) is 6.27. The van der Waals surface area contributed by atoms with Crippen LogP contribution in [0.4, 0.5) is 0 Å². The van der Waals surface area contributed by atoms with Crippen LogP contribution in [-0.4, -0.2) is 34.7 Å². The van der Waals surface area contributed by atoms with Crippen molar-refractivity contribution in [3.63, 3.8) is 0 Å².